The Bertz CT molecular complexity index is 158. The Balaban J connectivity index is 2.13. The van der Waals surface area contributed by atoms with Crippen molar-refractivity contribution in [3.63, 3.8) is 0 Å². The highest BCUT2D eigenvalue weighted by molar-refractivity contribution is 4.76. The van der Waals surface area contributed by atoms with Crippen LogP contribution in [-0.2, 0) is 0 Å². The van der Waals surface area contributed by atoms with Gasteiger partial charge in [-0.1, -0.05) is 6.92 Å². The van der Waals surface area contributed by atoms with Gasteiger partial charge in [0.1, 0.15) is 6.10 Å². The summed E-state index contributed by atoms with van der Waals surface area (Å²) in [6, 6.07) is 0.319. The molecule has 0 aromatic carbocycles. The fourth-order valence-electron chi connectivity index (χ4n) is 1.84. The molecule has 0 saturated heterocycles. The second kappa shape index (κ2) is 5.61. The van der Waals surface area contributed by atoms with E-state index in [-0.39, 0.29) is 6.54 Å². The molecule has 0 spiro atoms. The summed E-state index contributed by atoms with van der Waals surface area (Å²) in [5.74, 6) is 0.757. The van der Waals surface area contributed by atoms with E-state index < -0.39 is 12.5 Å². The molecule has 0 aromatic rings. The minimum atomic E-state index is -2.63. The largest absolute Gasteiger partial charge is 0.386 e. The molecule has 0 heterocycles. The van der Waals surface area contributed by atoms with Crippen molar-refractivity contribution in [3.05, 3.63) is 0 Å². The van der Waals surface area contributed by atoms with Gasteiger partial charge in [-0.25, -0.2) is 8.78 Å². The van der Waals surface area contributed by atoms with Crippen LogP contribution >= 0.6 is 0 Å². The van der Waals surface area contributed by atoms with Gasteiger partial charge in [-0.05, 0) is 31.6 Å². The minimum Gasteiger partial charge on any atom is -0.386 e. The van der Waals surface area contributed by atoms with Gasteiger partial charge >= 0.3 is 0 Å². The van der Waals surface area contributed by atoms with Gasteiger partial charge in [0.05, 0.1) is 0 Å². The van der Waals surface area contributed by atoms with E-state index in [1.165, 1.54) is 0 Å². The fourth-order valence-corrected chi connectivity index (χ4v) is 1.84. The number of alkyl halides is 2. The molecule has 0 radical (unpaired) electrons. The van der Waals surface area contributed by atoms with Gasteiger partial charge in [-0.2, -0.15) is 0 Å². The molecule has 1 atom stereocenters. The molecule has 84 valence electrons. The topological polar surface area (TPSA) is 32.3 Å². The lowest BCUT2D eigenvalue weighted by molar-refractivity contribution is -0.00537. The summed E-state index contributed by atoms with van der Waals surface area (Å²) in [4.78, 5) is 0. The van der Waals surface area contributed by atoms with Crippen molar-refractivity contribution in [2.75, 3.05) is 6.54 Å². The van der Waals surface area contributed by atoms with Crippen LogP contribution in [0.5, 0.6) is 0 Å². The molecule has 1 saturated carbocycles. The molecule has 2 N–H and O–H groups in total. The highest BCUT2D eigenvalue weighted by atomic mass is 19.3. The SMILES string of the molecule is CC1CCC(NCC(O)C(F)F)CC1. The Morgan fingerprint density at radius 3 is 2.36 bits per heavy atom. The van der Waals surface area contributed by atoms with Crippen LogP contribution in [0.2, 0.25) is 0 Å². The van der Waals surface area contributed by atoms with Gasteiger partial charge in [0.15, 0.2) is 0 Å². The second-order valence-corrected chi connectivity index (χ2v) is 4.27. The van der Waals surface area contributed by atoms with Crippen molar-refractivity contribution in [3.8, 4) is 0 Å². The summed E-state index contributed by atoms with van der Waals surface area (Å²) in [7, 11) is 0. The van der Waals surface area contributed by atoms with E-state index in [2.05, 4.69) is 12.2 Å². The zero-order chi connectivity index (χ0) is 10.6. The molecule has 1 fully saturated rings. The molecular formula is C10H19F2NO. The first-order valence-corrected chi connectivity index (χ1v) is 5.29. The zero-order valence-corrected chi connectivity index (χ0v) is 8.55. The lowest BCUT2D eigenvalue weighted by Crippen LogP contribution is -2.40. The molecule has 1 aliphatic rings. The molecule has 0 amide bonds. The molecule has 0 bridgehead atoms. The molecule has 1 rings (SSSR count). The van der Waals surface area contributed by atoms with Crippen LogP contribution in [0.1, 0.15) is 32.6 Å². The van der Waals surface area contributed by atoms with Crippen molar-refractivity contribution in [1.82, 2.24) is 5.32 Å². The highest BCUT2D eigenvalue weighted by Gasteiger charge is 2.21. The number of nitrogens with one attached hydrogen (secondary N) is 1. The number of rotatable bonds is 4. The van der Waals surface area contributed by atoms with Crippen LogP contribution < -0.4 is 5.32 Å². The van der Waals surface area contributed by atoms with Crippen molar-refractivity contribution < 1.29 is 13.9 Å². The Kier molecular flexibility index (Phi) is 4.75. The monoisotopic (exact) mass is 207 g/mol. The lowest BCUT2D eigenvalue weighted by atomic mass is 9.87. The molecular weight excluding hydrogens is 188 g/mol. The molecule has 14 heavy (non-hydrogen) atoms. The maximum atomic E-state index is 12.0. The van der Waals surface area contributed by atoms with Crippen molar-refractivity contribution >= 4 is 0 Å². The highest BCUT2D eigenvalue weighted by Crippen LogP contribution is 2.23. The van der Waals surface area contributed by atoms with E-state index in [4.69, 9.17) is 5.11 Å². The molecule has 1 aliphatic carbocycles. The predicted octanol–water partition coefficient (Wildman–Crippen LogP) is 1.78. The minimum absolute atomic E-state index is 0.0106. The molecule has 0 aliphatic heterocycles. The van der Waals surface area contributed by atoms with Crippen LogP contribution in [0.3, 0.4) is 0 Å². The first-order chi connectivity index (χ1) is 6.59. The molecule has 0 aromatic heterocycles. The van der Waals surface area contributed by atoms with Crippen molar-refractivity contribution in [1.29, 1.82) is 0 Å². The smallest absolute Gasteiger partial charge is 0.265 e. The average Bonchev–Trinajstić information content (AvgIpc) is 2.16. The predicted molar refractivity (Wildman–Crippen MR) is 51.4 cm³/mol. The first-order valence-electron chi connectivity index (χ1n) is 5.29. The van der Waals surface area contributed by atoms with E-state index in [0.29, 0.717) is 6.04 Å². The quantitative estimate of drug-likeness (QED) is 0.736. The number of aliphatic hydroxyl groups excluding tert-OH is 1. The Morgan fingerprint density at radius 1 is 1.29 bits per heavy atom. The van der Waals surface area contributed by atoms with Crippen molar-refractivity contribution in [2.45, 2.75) is 51.2 Å². The number of halogens is 2. The Labute approximate surface area is 83.7 Å². The second-order valence-electron chi connectivity index (χ2n) is 4.27. The molecule has 2 nitrogen and oxygen atoms in total. The summed E-state index contributed by atoms with van der Waals surface area (Å²) >= 11 is 0. The van der Waals surface area contributed by atoms with Crippen LogP contribution in [0.25, 0.3) is 0 Å². The zero-order valence-electron chi connectivity index (χ0n) is 8.55. The van der Waals surface area contributed by atoms with Crippen LogP contribution in [0, 0.1) is 5.92 Å². The number of hydrogen-bond acceptors (Lipinski definition) is 2. The van der Waals surface area contributed by atoms with Gasteiger partial charge in [0.25, 0.3) is 6.43 Å². The summed E-state index contributed by atoms with van der Waals surface area (Å²) in [5, 5.41) is 11.9. The average molecular weight is 207 g/mol. The van der Waals surface area contributed by atoms with Gasteiger partial charge in [-0.15, -0.1) is 0 Å². The van der Waals surface area contributed by atoms with Crippen LogP contribution in [-0.4, -0.2) is 30.2 Å². The first kappa shape index (κ1) is 11.9. The summed E-state index contributed by atoms with van der Waals surface area (Å²) in [6.07, 6.45) is 0.235. The van der Waals surface area contributed by atoms with E-state index >= 15 is 0 Å². The maximum Gasteiger partial charge on any atom is 0.265 e. The maximum absolute atomic E-state index is 12.0. The summed E-state index contributed by atoms with van der Waals surface area (Å²) in [6.45, 7) is 2.22. The Hall–Kier alpha value is -0.220. The third kappa shape index (κ3) is 3.88. The Morgan fingerprint density at radius 2 is 1.86 bits per heavy atom. The summed E-state index contributed by atoms with van der Waals surface area (Å²) in [5.41, 5.74) is 0. The normalized spacial score (nSPS) is 30.6. The van der Waals surface area contributed by atoms with Gasteiger partial charge in [0, 0.05) is 12.6 Å². The molecule has 4 heteroatoms. The van der Waals surface area contributed by atoms with E-state index in [0.717, 1.165) is 31.6 Å². The van der Waals surface area contributed by atoms with Gasteiger partial charge < -0.3 is 10.4 Å². The van der Waals surface area contributed by atoms with Crippen LogP contribution in [0.4, 0.5) is 8.78 Å². The summed E-state index contributed by atoms with van der Waals surface area (Å²) < 4.78 is 23.9. The van der Waals surface area contributed by atoms with Crippen LogP contribution in [0.15, 0.2) is 0 Å². The molecule has 1 unspecified atom stereocenters. The van der Waals surface area contributed by atoms with Gasteiger partial charge in [-0.3, -0.25) is 0 Å². The third-order valence-electron chi connectivity index (χ3n) is 2.92. The number of hydrogen-bond donors (Lipinski definition) is 2. The van der Waals surface area contributed by atoms with Gasteiger partial charge in [0.2, 0.25) is 0 Å². The fraction of sp³-hybridized carbons (Fsp3) is 1.00. The van der Waals surface area contributed by atoms with E-state index in [1.807, 2.05) is 0 Å². The lowest BCUT2D eigenvalue weighted by Gasteiger charge is -2.27. The number of aliphatic hydroxyl groups is 1. The standard InChI is InChI=1S/C10H19F2NO/c1-7-2-4-8(5-3-7)13-6-9(14)10(11)12/h7-10,13-14H,2-6H2,1H3. The van der Waals surface area contributed by atoms with E-state index in [1.54, 1.807) is 0 Å². The van der Waals surface area contributed by atoms with E-state index in [9.17, 15) is 8.78 Å². The third-order valence-corrected chi connectivity index (χ3v) is 2.92. The van der Waals surface area contributed by atoms with Crippen molar-refractivity contribution in [2.24, 2.45) is 5.92 Å².